The van der Waals surface area contributed by atoms with Gasteiger partial charge in [0.15, 0.2) is 0 Å². The third-order valence-electron chi connectivity index (χ3n) is 3.33. The summed E-state index contributed by atoms with van der Waals surface area (Å²) in [6.45, 7) is -0.406. The molecule has 0 aliphatic carbocycles. The van der Waals surface area contributed by atoms with E-state index in [9.17, 15) is 4.39 Å². The maximum absolute atomic E-state index is 12.5. The Labute approximate surface area is 105 Å². The van der Waals surface area contributed by atoms with Crippen LogP contribution >= 0.6 is 0 Å². The van der Waals surface area contributed by atoms with Gasteiger partial charge >= 0.3 is 0 Å². The van der Waals surface area contributed by atoms with Crippen molar-refractivity contribution >= 4 is 10.9 Å². The Kier molecular flexibility index (Phi) is 2.63. The minimum atomic E-state index is -0.406. The first kappa shape index (κ1) is 11.0. The summed E-state index contributed by atoms with van der Waals surface area (Å²) >= 11 is 0. The molecule has 3 aromatic rings. The van der Waals surface area contributed by atoms with Crippen LogP contribution in [0.25, 0.3) is 22.0 Å². The van der Waals surface area contributed by atoms with Crippen LogP contribution < -0.4 is 0 Å². The minimum Gasteiger partial charge on any atom is -0.351 e. The number of benzene rings is 2. The molecule has 0 saturated heterocycles. The number of fused-ring (bicyclic) bond motifs is 1. The summed E-state index contributed by atoms with van der Waals surface area (Å²) in [7, 11) is 2.04. The number of halogens is 1. The van der Waals surface area contributed by atoms with Crippen LogP contribution in [0.1, 0.15) is 5.56 Å². The van der Waals surface area contributed by atoms with Gasteiger partial charge in [-0.25, -0.2) is 4.39 Å². The van der Waals surface area contributed by atoms with E-state index in [1.54, 1.807) is 0 Å². The van der Waals surface area contributed by atoms with Crippen LogP contribution in [0.4, 0.5) is 4.39 Å². The molecule has 0 fully saturated rings. The molecule has 0 radical (unpaired) electrons. The van der Waals surface area contributed by atoms with Gasteiger partial charge in [0.2, 0.25) is 0 Å². The minimum absolute atomic E-state index is 0.406. The van der Waals surface area contributed by atoms with E-state index >= 15 is 0 Å². The van der Waals surface area contributed by atoms with E-state index in [2.05, 4.69) is 35.0 Å². The van der Waals surface area contributed by atoms with Gasteiger partial charge in [0, 0.05) is 18.8 Å². The van der Waals surface area contributed by atoms with Gasteiger partial charge in [-0.05, 0) is 34.2 Å². The first-order valence-electron chi connectivity index (χ1n) is 5.98. The van der Waals surface area contributed by atoms with Gasteiger partial charge in [0.05, 0.1) is 0 Å². The molecule has 0 bridgehead atoms. The van der Waals surface area contributed by atoms with Gasteiger partial charge in [-0.1, -0.05) is 36.4 Å². The molecule has 0 saturated carbocycles. The van der Waals surface area contributed by atoms with Crippen LogP contribution in [0.2, 0.25) is 0 Å². The highest BCUT2D eigenvalue weighted by atomic mass is 19.1. The molecule has 1 nitrogen and oxygen atoms in total. The molecule has 90 valence electrons. The molecular formula is C16H14FN. The van der Waals surface area contributed by atoms with Gasteiger partial charge in [-0.3, -0.25) is 0 Å². The van der Waals surface area contributed by atoms with E-state index in [1.165, 1.54) is 10.9 Å². The van der Waals surface area contributed by atoms with Crippen molar-refractivity contribution in [1.29, 1.82) is 0 Å². The quantitative estimate of drug-likeness (QED) is 0.627. The van der Waals surface area contributed by atoms with Crippen molar-refractivity contribution < 1.29 is 4.39 Å². The lowest BCUT2D eigenvalue weighted by atomic mass is 10.0. The largest absolute Gasteiger partial charge is 0.351 e. The fourth-order valence-electron chi connectivity index (χ4n) is 2.23. The first-order chi connectivity index (χ1) is 8.78. The third kappa shape index (κ3) is 1.80. The highest BCUT2D eigenvalue weighted by Crippen LogP contribution is 2.25. The van der Waals surface area contributed by atoms with Crippen molar-refractivity contribution in [3.05, 3.63) is 60.3 Å². The van der Waals surface area contributed by atoms with Crippen LogP contribution in [0.5, 0.6) is 0 Å². The molecule has 0 atom stereocenters. The van der Waals surface area contributed by atoms with Gasteiger partial charge in [-0.15, -0.1) is 0 Å². The van der Waals surface area contributed by atoms with Gasteiger partial charge in [-0.2, -0.15) is 0 Å². The van der Waals surface area contributed by atoms with Gasteiger partial charge in [0.1, 0.15) is 6.67 Å². The average Bonchev–Trinajstić information content (AvgIpc) is 2.80. The lowest BCUT2D eigenvalue weighted by Gasteiger charge is -2.04. The Morgan fingerprint density at radius 1 is 0.944 bits per heavy atom. The lowest BCUT2D eigenvalue weighted by Crippen LogP contribution is -1.85. The molecule has 0 unspecified atom stereocenters. The van der Waals surface area contributed by atoms with Crippen molar-refractivity contribution in [1.82, 2.24) is 4.57 Å². The number of aryl methyl sites for hydroxylation is 1. The predicted molar refractivity (Wildman–Crippen MR) is 73.2 cm³/mol. The second-order valence-corrected chi connectivity index (χ2v) is 4.53. The molecule has 3 rings (SSSR count). The molecule has 0 spiro atoms. The SMILES string of the molecule is Cn1ccc2ccc(-c3ccc(CF)cc3)cc21. The second kappa shape index (κ2) is 4.30. The number of aromatic nitrogens is 1. The topological polar surface area (TPSA) is 4.93 Å². The molecule has 18 heavy (non-hydrogen) atoms. The van der Waals surface area contributed by atoms with E-state index in [1.807, 2.05) is 31.3 Å². The van der Waals surface area contributed by atoms with Crippen molar-refractivity contribution in [3.8, 4) is 11.1 Å². The molecule has 0 N–H and O–H groups in total. The molecule has 0 amide bonds. The number of alkyl halides is 1. The predicted octanol–water partition coefficient (Wildman–Crippen LogP) is 4.31. The Morgan fingerprint density at radius 2 is 1.67 bits per heavy atom. The number of hydrogen-bond acceptors (Lipinski definition) is 0. The zero-order valence-corrected chi connectivity index (χ0v) is 10.2. The molecule has 2 heteroatoms. The fourth-order valence-corrected chi connectivity index (χ4v) is 2.23. The zero-order chi connectivity index (χ0) is 12.5. The number of rotatable bonds is 2. The lowest BCUT2D eigenvalue weighted by molar-refractivity contribution is 0.485. The van der Waals surface area contributed by atoms with Crippen LogP contribution in [0.15, 0.2) is 54.7 Å². The van der Waals surface area contributed by atoms with E-state index in [4.69, 9.17) is 0 Å². The molecule has 0 aliphatic rings. The normalized spacial score (nSPS) is 11.0. The van der Waals surface area contributed by atoms with Crippen molar-refractivity contribution in [3.63, 3.8) is 0 Å². The van der Waals surface area contributed by atoms with Crippen LogP contribution in [0.3, 0.4) is 0 Å². The monoisotopic (exact) mass is 239 g/mol. The van der Waals surface area contributed by atoms with E-state index in [0.717, 1.165) is 16.7 Å². The van der Waals surface area contributed by atoms with Crippen molar-refractivity contribution in [2.24, 2.45) is 7.05 Å². The summed E-state index contributed by atoms with van der Waals surface area (Å²) in [5, 5.41) is 1.24. The molecule has 2 aromatic carbocycles. The summed E-state index contributed by atoms with van der Waals surface area (Å²) in [4.78, 5) is 0. The average molecular weight is 239 g/mol. The Morgan fingerprint density at radius 3 is 2.39 bits per heavy atom. The Balaban J connectivity index is 2.09. The van der Waals surface area contributed by atoms with E-state index in [0.29, 0.717) is 0 Å². The van der Waals surface area contributed by atoms with Crippen molar-refractivity contribution in [2.75, 3.05) is 0 Å². The standard InChI is InChI=1S/C16H14FN/c1-18-9-8-14-6-7-15(10-16(14)18)13-4-2-12(11-17)3-5-13/h2-10H,11H2,1H3. The maximum Gasteiger partial charge on any atom is 0.115 e. The van der Waals surface area contributed by atoms with Gasteiger partial charge < -0.3 is 4.57 Å². The molecular weight excluding hydrogens is 225 g/mol. The smallest absolute Gasteiger partial charge is 0.115 e. The number of hydrogen-bond donors (Lipinski definition) is 0. The molecule has 1 heterocycles. The number of nitrogens with zero attached hydrogens (tertiary/aromatic N) is 1. The zero-order valence-electron chi connectivity index (χ0n) is 10.2. The highest BCUT2D eigenvalue weighted by Gasteiger charge is 2.02. The van der Waals surface area contributed by atoms with Crippen LogP contribution in [-0.4, -0.2) is 4.57 Å². The summed E-state index contributed by atoms with van der Waals surface area (Å²) in [5.41, 5.74) is 4.21. The van der Waals surface area contributed by atoms with Gasteiger partial charge in [0.25, 0.3) is 0 Å². The van der Waals surface area contributed by atoms with E-state index in [-0.39, 0.29) is 0 Å². The summed E-state index contributed by atoms with van der Waals surface area (Å²) in [5.74, 6) is 0. The maximum atomic E-state index is 12.5. The molecule has 0 aliphatic heterocycles. The summed E-state index contributed by atoms with van der Waals surface area (Å²) < 4.78 is 14.6. The second-order valence-electron chi connectivity index (χ2n) is 4.53. The van der Waals surface area contributed by atoms with E-state index < -0.39 is 6.67 Å². The fraction of sp³-hybridized carbons (Fsp3) is 0.125. The van der Waals surface area contributed by atoms with Crippen molar-refractivity contribution in [2.45, 2.75) is 6.67 Å². The summed E-state index contributed by atoms with van der Waals surface area (Å²) in [6.07, 6.45) is 2.06. The third-order valence-corrected chi connectivity index (χ3v) is 3.33. The highest BCUT2D eigenvalue weighted by molar-refractivity contribution is 5.85. The van der Waals surface area contributed by atoms with Crippen LogP contribution in [-0.2, 0) is 13.7 Å². The summed E-state index contributed by atoms with van der Waals surface area (Å²) in [6, 6.07) is 16.1. The van der Waals surface area contributed by atoms with Crippen LogP contribution in [0, 0.1) is 0 Å². The Bertz CT molecular complexity index is 680. The molecule has 1 aromatic heterocycles. The first-order valence-corrected chi connectivity index (χ1v) is 5.98. The Hall–Kier alpha value is -2.09.